The van der Waals surface area contributed by atoms with Gasteiger partial charge in [0.25, 0.3) is 5.91 Å². The summed E-state index contributed by atoms with van der Waals surface area (Å²) in [4.78, 5) is 22.6. The van der Waals surface area contributed by atoms with Crippen LogP contribution in [0.1, 0.15) is 5.56 Å². The van der Waals surface area contributed by atoms with Crippen LogP contribution >= 0.6 is 35.6 Å². The van der Waals surface area contributed by atoms with Crippen LogP contribution in [0.3, 0.4) is 0 Å². The lowest BCUT2D eigenvalue weighted by atomic mass is 10.2. The predicted octanol–water partition coefficient (Wildman–Crippen LogP) is 2.30. The number of carboxylic acid groups (broad SMARTS) is 1. The number of rotatable bonds is 5. The summed E-state index contributed by atoms with van der Waals surface area (Å²) in [5, 5.41) is 11.3. The third-order valence-corrected chi connectivity index (χ3v) is 3.97. The quantitative estimate of drug-likeness (QED) is 0.616. The average molecular weight is 360 g/mol. The fourth-order valence-electron chi connectivity index (χ4n) is 1.67. The maximum absolute atomic E-state index is 11.6. The van der Waals surface area contributed by atoms with Crippen molar-refractivity contribution < 1.29 is 24.2 Å². The highest BCUT2D eigenvalue weighted by molar-refractivity contribution is 8.26. The molecule has 0 radical (unpaired) electrons. The molecule has 0 spiro atoms. The van der Waals surface area contributed by atoms with Crippen LogP contribution in [-0.2, 0) is 9.59 Å². The van der Waals surface area contributed by atoms with Crippen molar-refractivity contribution in [1.29, 1.82) is 0 Å². The van der Waals surface area contributed by atoms with Gasteiger partial charge in [-0.15, -0.1) is 0 Å². The van der Waals surface area contributed by atoms with E-state index in [0.717, 1.165) is 11.8 Å². The monoisotopic (exact) mass is 359 g/mol. The summed E-state index contributed by atoms with van der Waals surface area (Å²) in [6, 6.07) is 3.13. The van der Waals surface area contributed by atoms with Gasteiger partial charge in [0.15, 0.2) is 18.1 Å². The van der Waals surface area contributed by atoms with Crippen LogP contribution in [0.2, 0.25) is 5.02 Å². The molecule has 22 heavy (non-hydrogen) atoms. The Bertz CT molecular complexity index is 689. The van der Waals surface area contributed by atoms with Crippen molar-refractivity contribution in [2.45, 2.75) is 0 Å². The number of carboxylic acids is 1. The fourth-order valence-corrected chi connectivity index (χ4v) is 2.99. The molecule has 1 aromatic carbocycles. The van der Waals surface area contributed by atoms with Crippen LogP contribution in [0.25, 0.3) is 6.08 Å². The molecule has 0 aromatic heterocycles. The van der Waals surface area contributed by atoms with Crippen LogP contribution in [-0.4, -0.2) is 35.0 Å². The molecule has 0 saturated carbocycles. The highest BCUT2D eigenvalue weighted by Gasteiger charge is 2.22. The maximum Gasteiger partial charge on any atom is 0.341 e. The van der Waals surface area contributed by atoms with Gasteiger partial charge in [-0.3, -0.25) is 4.79 Å². The summed E-state index contributed by atoms with van der Waals surface area (Å²) in [5.74, 6) is -1.01. The minimum absolute atomic E-state index is 0.132. The second-order valence-electron chi connectivity index (χ2n) is 4.07. The highest BCUT2D eigenvalue weighted by atomic mass is 35.5. The molecular weight excluding hydrogens is 350 g/mol. The molecule has 6 nitrogen and oxygen atoms in total. The highest BCUT2D eigenvalue weighted by Crippen LogP contribution is 2.38. The van der Waals surface area contributed by atoms with Gasteiger partial charge in [-0.2, -0.15) is 0 Å². The second kappa shape index (κ2) is 6.99. The van der Waals surface area contributed by atoms with E-state index in [-0.39, 0.29) is 22.4 Å². The molecule has 9 heteroatoms. The van der Waals surface area contributed by atoms with Gasteiger partial charge in [0.1, 0.15) is 4.32 Å². The normalized spacial score (nSPS) is 15.8. The Kier molecular flexibility index (Phi) is 5.28. The van der Waals surface area contributed by atoms with E-state index < -0.39 is 12.6 Å². The summed E-state index contributed by atoms with van der Waals surface area (Å²) >= 11 is 12.1. The van der Waals surface area contributed by atoms with E-state index in [1.807, 2.05) is 0 Å². The van der Waals surface area contributed by atoms with E-state index in [4.69, 9.17) is 38.4 Å². The van der Waals surface area contributed by atoms with Crippen molar-refractivity contribution in [2.24, 2.45) is 0 Å². The number of amides is 1. The van der Waals surface area contributed by atoms with Gasteiger partial charge in [-0.05, 0) is 23.8 Å². The molecule has 0 bridgehead atoms. The van der Waals surface area contributed by atoms with Crippen molar-refractivity contribution in [3.63, 3.8) is 0 Å². The first-order valence-electron chi connectivity index (χ1n) is 5.87. The zero-order valence-corrected chi connectivity index (χ0v) is 13.6. The standard InChI is InChI=1S/C13H10ClNO5S2/c1-19-8-3-6(4-9-12(18)15-13(21)22-9)2-7(14)11(8)20-5-10(16)17/h2-4H,5H2,1H3,(H,16,17)(H,15,18,21)/b9-4-. The SMILES string of the molecule is COc1cc(/C=C2\SC(=S)NC2=O)cc(Cl)c1OCC(=O)O. The molecule has 1 fully saturated rings. The number of carbonyl (C=O) groups is 2. The Morgan fingerprint density at radius 3 is 2.82 bits per heavy atom. The zero-order chi connectivity index (χ0) is 16.3. The van der Waals surface area contributed by atoms with E-state index in [1.54, 1.807) is 18.2 Å². The van der Waals surface area contributed by atoms with Crippen molar-refractivity contribution in [1.82, 2.24) is 5.32 Å². The fraction of sp³-hybridized carbons (Fsp3) is 0.154. The third-order valence-electron chi connectivity index (χ3n) is 2.53. The van der Waals surface area contributed by atoms with Crippen molar-refractivity contribution in [3.8, 4) is 11.5 Å². The van der Waals surface area contributed by atoms with Gasteiger partial charge in [0, 0.05) is 0 Å². The van der Waals surface area contributed by atoms with Gasteiger partial charge in [0.2, 0.25) is 0 Å². The van der Waals surface area contributed by atoms with Gasteiger partial charge in [-0.1, -0.05) is 35.6 Å². The first-order chi connectivity index (χ1) is 10.4. The van der Waals surface area contributed by atoms with Gasteiger partial charge in [0.05, 0.1) is 17.0 Å². The summed E-state index contributed by atoms with van der Waals surface area (Å²) in [6.07, 6.45) is 1.61. The van der Waals surface area contributed by atoms with Crippen molar-refractivity contribution >= 4 is 57.9 Å². The smallest absolute Gasteiger partial charge is 0.341 e. The summed E-state index contributed by atoms with van der Waals surface area (Å²) in [6.45, 7) is -0.539. The number of benzene rings is 1. The van der Waals surface area contributed by atoms with E-state index in [1.165, 1.54) is 7.11 Å². The Morgan fingerprint density at radius 2 is 2.27 bits per heavy atom. The molecule has 0 unspecified atom stereocenters. The number of thiocarbonyl (C=S) groups is 1. The molecule has 0 aliphatic carbocycles. The first-order valence-corrected chi connectivity index (χ1v) is 7.48. The van der Waals surface area contributed by atoms with E-state index in [0.29, 0.717) is 14.8 Å². The molecule has 1 saturated heterocycles. The predicted molar refractivity (Wildman–Crippen MR) is 87.4 cm³/mol. The largest absolute Gasteiger partial charge is 0.493 e. The zero-order valence-electron chi connectivity index (χ0n) is 11.2. The van der Waals surface area contributed by atoms with Crippen LogP contribution < -0.4 is 14.8 Å². The number of carbonyl (C=O) groups excluding carboxylic acids is 1. The number of aliphatic carboxylic acids is 1. The number of hydrogen-bond donors (Lipinski definition) is 2. The molecule has 1 aliphatic rings. The second-order valence-corrected chi connectivity index (χ2v) is 6.19. The number of nitrogens with one attached hydrogen (secondary N) is 1. The van der Waals surface area contributed by atoms with Crippen LogP contribution in [0.15, 0.2) is 17.0 Å². The molecule has 116 valence electrons. The molecule has 2 rings (SSSR count). The topological polar surface area (TPSA) is 84.9 Å². The van der Waals surface area contributed by atoms with E-state index in [2.05, 4.69) is 5.32 Å². The molecule has 2 N–H and O–H groups in total. The molecule has 0 atom stereocenters. The third kappa shape index (κ3) is 3.90. The Hall–Kier alpha value is -1.77. The number of ether oxygens (including phenoxy) is 2. The number of thioether (sulfide) groups is 1. The Balaban J connectivity index is 2.33. The summed E-state index contributed by atoms with van der Waals surface area (Å²) < 4.78 is 10.6. The molecule has 1 aromatic rings. The lowest BCUT2D eigenvalue weighted by Gasteiger charge is -2.12. The van der Waals surface area contributed by atoms with Gasteiger partial charge >= 0.3 is 5.97 Å². The van der Waals surface area contributed by atoms with Crippen LogP contribution in [0.5, 0.6) is 11.5 Å². The van der Waals surface area contributed by atoms with Crippen molar-refractivity contribution in [3.05, 3.63) is 27.6 Å². The van der Waals surface area contributed by atoms with E-state index >= 15 is 0 Å². The number of halogens is 1. The van der Waals surface area contributed by atoms with Gasteiger partial charge < -0.3 is 19.9 Å². The molecule has 1 heterocycles. The number of hydrogen-bond acceptors (Lipinski definition) is 6. The first kappa shape index (κ1) is 16.6. The number of methoxy groups -OCH3 is 1. The minimum atomic E-state index is -1.13. The van der Waals surface area contributed by atoms with Gasteiger partial charge in [-0.25, -0.2) is 4.79 Å². The van der Waals surface area contributed by atoms with Crippen LogP contribution in [0, 0.1) is 0 Å². The molecule has 1 amide bonds. The molecule has 1 aliphatic heterocycles. The van der Waals surface area contributed by atoms with E-state index in [9.17, 15) is 9.59 Å². The Labute approximate surface area is 140 Å². The summed E-state index contributed by atoms with van der Waals surface area (Å²) in [7, 11) is 1.41. The lowest BCUT2D eigenvalue weighted by Crippen LogP contribution is -2.17. The summed E-state index contributed by atoms with van der Waals surface area (Å²) in [5.41, 5.74) is 0.604. The van der Waals surface area contributed by atoms with Crippen molar-refractivity contribution in [2.75, 3.05) is 13.7 Å². The minimum Gasteiger partial charge on any atom is -0.493 e. The average Bonchev–Trinajstić information content (AvgIpc) is 2.74. The molecular formula is C13H10ClNO5S2. The Morgan fingerprint density at radius 1 is 1.55 bits per heavy atom. The lowest BCUT2D eigenvalue weighted by molar-refractivity contribution is -0.139. The maximum atomic E-state index is 11.6. The van der Waals surface area contributed by atoms with Crippen LogP contribution in [0.4, 0.5) is 0 Å².